The Hall–Kier alpha value is -4.66. The number of hydrogen-bond acceptors (Lipinski definition) is 5. The fraction of sp³-hybridized carbons (Fsp3) is 0.214. The van der Waals surface area contributed by atoms with E-state index in [1.807, 2.05) is 41.0 Å². The van der Waals surface area contributed by atoms with Crippen LogP contribution in [-0.2, 0) is 6.54 Å². The van der Waals surface area contributed by atoms with Gasteiger partial charge >= 0.3 is 0 Å². The Morgan fingerprint density at radius 2 is 1.81 bits per heavy atom. The van der Waals surface area contributed by atoms with Gasteiger partial charge in [-0.25, -0.2) is 4.98 Å². The summed E-state index contributed by atoms with van der Waals surface area (Å²) in [6.07, 6.45) is 2.25. The van der Waals surface area contributed by atoms with E-state index in [0.29, 0.717) is 35.2 Å². The molecular formula is C28H29N7O2. The molecule has 188 valence electrons. The van der Waals surface area contributed by atoms with Crippen LogP contribution in [0, 0.1) is 5.41 Å². The molecule has 4 aromatic rings. The molecule has 1 fully saturated rings. The van der Waals surface area contributed by atoms with E-state index in [1.54, 1.807) is 30.3 Å². The number of amides is 2. The third kappa shape index (κ3) is 4.88. The van der Waals surface area contributed by atoms with E-state index >= 15 is 0 Å². The van der Waals surface area contributed by atoms with Gasteiger partial charge < -0.3 is 26.3 Å². The third-order valence-corrected chi connectivity index (χ3v) is 6.85. The number of nitrogens with two attached hydrogens (primary N) is 2. The number of anilines is 2. The average molecular weight is 496 g/mol. The number of carbonyl (C=O) groups is 2. The third-order valence-electron chi connectivity index (χ3n) is 6.85. The Bertz CT molecular complexity index is 1510. The summed E-state index contributed by atoms with van der Waals surface area (Å²) in [5, 5.41) is 11.6. The monoisotopic (exact) mass is 495 g/mol. The summed E-state index contributed by atoms with van der Waals surface area (Å²) in [6, 6.07) is 20.3. The van der Waals surface area contributed by atoms with E-state index < -0.39 is 5.91 Å². The molecule has 0 spiro atoms. The maximum Gasteiger partial charge on any atom is 0.273 e. The van der Waals surface area contributed by atoms with Crippen LogP contribution in [0.15, 0.2) is 66.7 Å². The molecule has 2 aromatic heterocycles. The van der Waals surface area contributed by atoms with Crippen LogP contribution in [0.3, 0.4) is 0 Å². The van der Waals surface area contributed by atoms with Crippen molar-refractivity contribution in [3.05, 3.63) is 89.1 Å². The lowest BCUT2D eigenvalue weighted by Gasteiger charge is -2.23. The minimum atomic E-state index is -0.498. The summed E-state index contributed by atoms with van der Waals surface area (Å²) in [6.45, 7) is 3.50. The molecule has 3 heterocycles. The smallest absolute Gasteiger partial charge is 0.273 e. The number of fused-ring (bicyclic) bond motifs is 1. The van der Waals surface area contributed by atoms with Crippen LogP contribution in [-0.4, -0.2) is 39.8 Å². The van der Waals surface area contributed by atoms with E-state index in [4.69, 9.17) is 21.9 Å². The molecule has 0 saturated carbocycles. The van der Waals surface area contributed by atoms with E-state index in [9.17, 15) is 9.59 Å². The molecule has 1 saturated heterocycles. The number of rotatable bonds is 7. The van der Waals surface area contributed by atoms with Crippen molar-refractivity contribution in [2.75, 3.05) is 16.8 Å². The minimum Gasteiger partial charge on any atom is -0.384 e. The van der Waals surface area contributed by atoms with Gasteiger partial charge in [-0.15, -0.1) is 0 Å². The normalized spacial score (nSPS) is 15.2. The van der Waals surface area contributed by atoms with Gasteiger partial charge in [-0.3, -0.25) is 15.0 Å². The molecule has 2 amide bonds. The van der Waals surface area contributed by atoms with Crippen LogP contribution < -0.4 is 21.7 Å². The Balaban J connectivity index is 1.50. The number of primary amides is 1. The predicted octanol–water partition coefficient (Wildman–Crippen LogP) is 3.71. The van der Waals surface area contributed by atoms with Gasteiger partial charge in [0, 0.05) is 41.2 Å². The number of benzene rings is 2. The zero-order chi connectivity index (χ0) is 26.1. The Labute approximate surface area is 214 Å². The summed E-state index contributed by atoms with van der Waals surface area (Å²) >= 11 is 0. The molecule has 0 bridgehead atoms. The molecular weight excluding hydrogens is 466 g/mol. The first kappa shape index (κ1) is 24.1. The highest BCUT2D eigenvalue weighted by atomic mass is 16.2. The summed E-state index contributed by atoms with van der Waals surface area (Å²) in [5.41, 5.74) is 14.2. The zero-order valence-corrected chi connectivity index (χ0v) is 20.6. The minimum absolute atomic E-state index is 0.0522. The number of aromatic nitrogens is 2. The standard InChI is InChI=1S/C28H29N7O2/c1-17-4-3-13-34(17)25-6-2-5-24(32-25)33-28(37)23-14-20-11-12-21(26(29)30)15-22(20)35(23)16-18-7-9-19(10-8-18)27(31)36/h2,5-12,14-15,17H,3-4,13,16H2,1H3,(H3,29,30)(H2,31,36)(H,32,33,37). The van der Waals surface area contributed by atoms with Gasteiger partial charge in [-0.05, 0) is 61.7 Å². The van der Waals surface area contributed by atoms with Crippen LogP contribution in [0.2, 0.25) is 0 Å². The van der Waals surface area contributed by atoms with Crippen LogP contribution >= 0.6 is 0 Å². The quantitative estimate of drug-likeness (QED) is 0.228. The lowest BCUT2D eigenvalue weighted by molar-refractivity contribution is 0.0996. The summed E-state index contributed by atoms with van der Waals surface area (Å²) in [4.78, 5) is 32.0. The Morgan fingerprint density at radius 3 is 2.49 bits per heavy atom. The molecule has 1 aliphatic heterocycles. The van der Waals surface area contributed by atoms with Crippen molar-refractivity contribution in [3.8, 4) is 0 Å². The van der Waals surface area contributed by atoms with Crippen molar-refractivity contribution < 1.29 is 9.59 Å². The van der Waals surface area contributed by atoms with Crippen LogP contribution in [0.4, 0.5) is 11.6 Å². The second-order valence-electron chi connectivity index (χ2n) is 9.38. The fourth-order valence-electron chi connectivity index (χ4n) is 4.84. The van der Waals surface area contributed by atoms with E-state index in [-0.39, 0.29) is 11.7 Å². The summed E-state index contributed by atoms with van der Waals surface area (Å²) in [7, 11) is 0. The van der Waals surface area contributed by atoms with Gasteiger partial charge in [0.05, 0.1) is 0 Å². The van der Waals surface area contributed by atoms with Crippen molar-refractivity contribution in [3.63, 3.8) is 0 Å². The largest absolute Gasteiger partial charge is 0.384 e. The number of pyridine rings is 1. The Morgan fingerprint density at radius 1 is 1.05 bits per heavy atom. The number of nitrogen functional groups attached to an aromatic ring is 1. The molecule has 1 unspecified atom stereocenters. The molecule has 9 nitrogen and oxygen atoms in total. The highest BCUT2D eigenvalue weighted by Crippen LogP contribution is 2.26. The molecule has 6 N–H and O–H groups in total. The summed E-state index contributed by atoms with van der Waals surface area (Å²) < 4.78 is 1.88. The van der Waals surface area contributed by atoms with Crippen LogP contribution in [0.5, 0.6) is 0 Å². The van der Waals surface area contributed by atoms with Crippen molar-refractivity contribution in [2.45, 2.75) is 32.4 Å². The zero-order valence-electron chi connectivity index (χ0n) is 20.6. The lowest BCUT2D eigenvalue weighted by Crippen LogP contribution is -2.27. The van der Waals surface area contributed by atoms with Gasteiger partial charge in [0.25, 0.3) is 5.91 Å². The molecule has 0 aliphatic carbocycles. The van der Waals surface area contributed by atoms with E-state index in [2.05, 4.69) is 17.1 Å². The van der Waals surface area contributed by atoms with Crippen molar-refractivity contribution in [1.82, 2.24) is 9.55 Å². The second-order valence-corrected chi connectivity index (χ2v) is 9.38. The maximum absolute atomic E-state index is 13.5. The number of nitrogens with zero attached hydrogens (tertiary/aromatic N) is 3. The van der Waals surface area contributed by atoms with Crippen molar-refractivity contribution in [1.29, 1.82) is 5.41 Å². The molecule has 5 rings (SSSR count). The van der Waals surface area contributed by atoms with Crippen molar-refractivity contribution in [2.24, 2.45) is 11.5 Å². The van der Waals surface area contributed by atoms with Gasteiger partial charge in [0.2, 0.25) is 5.91 Å². The van der Waals surface area contributed by atoms with E-state index in [0.717, 1.165) is 41.7 Å². The number of hydrogen-bond donors (Lipinski definition) is 4. The Kier molecular flexibility index (Phi) is 6.35. The van der Waals surface area contributed by atoms with Gasteiger partial charge in [0.1, 0.15) is 23.2 Å². The number of amidine groups is 1. The second kappa shape index (κ2) is 9.77. The van der Waals surface area contributed by atoms with Gasteiger partial charge in [-0.1, -0.05) is 30.3 Å². The molecule has 9 heteroatoms. The van der Waals surface area contributed by atoms with Crippen molar-refractivity contribution >= 4 is 40.2 Å². The molecule has 37 heavy (non-hydrogen) atoms. The van der Waals surface area contributed by atoms with Crippen LogP contribution in [0.1, 0.15) is 51.7 Å². The molecule has 0 radical (unpaired) electrons. The van der Waals surface area contributed by atoms with Gasteiger partial charge in [-0.2, -0.15) is 0 Å². The highest BCUT2D eigenvalue weighted by Gasteiger charge is 2.22. The van der Waals surface area contributed by atoms with Crippen LogP contribution in [0.25, 0.3) is 10.9 Å². The van der Waals surface area contributed by atoms with Gasteiger partial charge in [0.15, 0.2) is 0 Å². The SMILES string of the molecule is CC1CCCN1c1cccc(NC(=O)c2cc3ccc(C(=N)N)cc3n2Cc2ccc(C(N)=O)cc2)n1. The topological polar surface area (TPSA) is 143 Å². The lowest BCUT2D eigenvalue weighted by atomic mass is 10.1. The fourth-order valence-corrected chi connectivity index (χ4v) is 4.84. The maximum atomic E-state index is 13.5. The molecule has 1 aliphatic rings. The number of nitrogens with one attached hydrogen (secondary N) is 2. The average Bonchev–Trinajstić information content (AvgIpc) is 3.47. The van der Waals surface area contributed by atoms with E-state index in [1.165, 1.54) is 0 Å². The first-order valence-electron chi connectivity index (χ1n) is 12.2. The first-order valence-corrected chi connectivity index (χ1v) is 12.2. The first-order chi connectivity index (χ1) is 17.8. The predicted molar refractivity (Wildman–Crippen MR) is 145 cm³/mol. The highest BCUT2D eigenvalue weighted by molar-refractivity contribution is 6.07. The number of carbonyl (C=O) groups excluding carboxylic acids is 2. The summed E-state index contributed by atoms with van der Waals surface area (Å²) in [5.74, 6) is 0.483. The molecule has 2 aromatic carbocycles. The molecule has 1 atom stereocenters.